The Bertz CT molecular complexity index is 1000. The molecule has 1 N–H and O–H groups in total. The van der Waals surface area contributed by atoms with Crippen molar-refractivity contribution in [1.82, 2.24) is 9.97 Å². The van der Waals surface area contributed by atoms with Crippen LogP contribution in [0.15, 0.2) is 12.1 Å². The number of rotatable bonds is 7. The van der Waals surface area contributed by atoms with Crippen molar-refractivity contribution in [1.29, 1.82) is 5.26 Å². The molecule has 2 aromatic rings. The monoisotopic (exact) mass is 426 g/mol. The molecule has 1 fully saturated rings. The summed E-state index contributed by atoms with van der Waals surface area (Å²) in [6, 6.07) is 6.32. The van der Waals surface area contributed by atoms with Gasteiger partial charge in [-0.2, -0.15) is 10.2 Å². The maximum Gasteiger partial charge on any atom is 0.508 e. The van der Waals surface area contributed by atoms with Gasteiger partial charge in [0.25, 0.3) is 0 Å². The Balaban J connectivity index is 1.78. The van der Waals surface area contributed by atoms with Crippen LogP contribution in [-0.4, -0.2) is 40.5 Å². The van der Waals surface area contributed by atoms with Crippen molar-refractivity contribution in [2.45, 2.75) is 71.4 Å². The van der Waals surface area contributed by atoms with Gasteiger partial charge < -0.3 is 19.5 Å². The van der Waals surface area contributed by atoms with Crippen LogP contribution < -0.4 is 10.1 Å². The molecular formula is C23H30N4O4. The number of benzene rings is 1. The summed E-state index contributed by atoms with van der Waals surface area (Å²) in [6.45, 7) is 9.46. The van der Waals surface area contributed by atoms with Crippen molar-refractivity contribution >= 4 is 22.7 Å². The van der Waals surface area contributed by atoms with Crippen molar-refractivity contribution in [3.63, 3.8) is 0 Å². The van der Waals surface area contributed by atoms with Crippen LogP contribution >= 0.6 is 0 Å². The van der Waals surface area contributed by atoms with E-state index >= 15 is 0 Å². The molecule has 1 aliphatic carbocycles. The molecule has 31 heavy (non-hydrogen) atoms. The summed E-state index contributed by atoms with van der Waals surface area (Å²) in [6.07, 6.45) is 2.64. The van der Waals surface area contributed by atoms with Gasteiger partial charge in [-0.15, -0.1) is 0 Å². The van der Waals surface area contributed by atoms with E-state index in [-0.39, 0.29) is 13.2 Å². The molecule has 0 atom stereocenters. The summed E-state index contributed by atoms with van der Waals surface area (Å²) >= 11 is 0. The number of ether oxygens (including phenoxy) is 3. The van der Waals surface area contributed by atoms with Crippen LogP contribution in [0.3, 0.4) is 0 Å². The standard InChI is InChI=1S/C23H30N4O4/c1-6-18-25-19-15(2)12-16(27-23(14-24)8-7-9-23)13-17(19)20(26-18)29-10-11-30-21(28)31-22(3,4)5/h12-13,27H,6-11H2,1-5H3. The predicted molar refractivity (Wildman–Crippen MR) is 117 cm³/mol. The van der Waals surface area contributed by atoms with Crippen molar-refractivity contribution in [3.05, 3.63) is 23.5 Å². The number of fused-ring (bicyclic) bond motifs is 1. The third kappa shape index (κ3) is 5.54. The Hall–Kier alpha value is -3.08. The number of aryl methyl sites for hydroxylation is 2. The van der Waals surface area contributed by atoms with E-state index in [2.05, 4.69) is 21.4 Å². The quantitative estimate of drug-likeness (QED) is 0.502. The van der Waals surface area contributed by atoms with Crippen LogP contribution in [-0.2, 0) is 15.9 Å². The molecule has 3 rings (SSSR count). The molecule has 0 amide bonds. The van der Waals surface area contributed by atoms with Gasteiger partial charge >= 0.3 is 6.16 Å². The zero-order chi connectivity index (χ0) is 22.6. The second kappa shape index (κ2) is 8.96. The van der Waals surface area contributed by atoms with Gasteiger partial charge in [-0.3, -0.25) is 0 Å². The average molecular weight is 427 g/mol. The minimum atomic E-state index is -0.734. The van der Waals surface area contributed by atoms with Crippen molar-refractivity contribution in [3.8, 4) is 11.9 Å². The molecule has 0 radical (unpaired) electrons. The van der Waals surface area contributed by atoms with Crippen molar-refractivity contribution in [2.75, 3.05) is 18.5 Å². The fraction of sp³-hybridized carbons (Fsp3) is 0.565. The van der Waals surface area contributed by atoms with Crippen LogP contribution in [0.5, 0.6) is 5.88 Å². The highest BCUT2D eigenvalue weighted by Gasteiger charge is 2.37. The lowest BCUT2D eigenvalue weighted by molar-refractivity contribution is -0.0115. The van der Waals surface area contributed by atoms with E-state index in [1.54, 1.807) is 20.8 Å². The summed E-state index contributed by atoms with van der Waals surface area (Å²) in [4.78, 5) is 20.9. The van der Waals surface area contributed by atoms with Gasteiger partial charge in [0.05, 0.1) is 17.0 Å². The maximum absolute atomic E-state index is 11.7. The normalized spacial score (nSPS) is 15.0. The number of carbonyl (C=O) groups excluding carboxylic acids is 1. The topological polar surface area (TPSA) is 106 Å². The summed E-state index contributed by atoms with van der Waals surface area (Å²) in [7, 11) is 0. The third-order valence-electron chi connectivity index (χ3n) is 5.05. The largest absolute Gasteiger partial charge is 0.508 e. The Morgan fingerprint density at radius 1 is 1.26 bits per heavy atom. The van der Waals surface area contributed by atoms with E-state index in [1.165, 1.54) is 0 Å². The first-order chi connectivity index (χ1) is 14.6. The summed E-state index contributed by atoms with van der Waals surface area (Å²) < 4.78 is 16.1. The highest BCUT2D eigenvalue weighted by atomic mass is 16.7. The molecule has 1 heterocycles. The molecule has 1 aromatic carbocycles. The van der Waals surface area contributed by atoms with Gasteiger partial charge in [0, 0.05) is 12.1 Å². The van der Waals surface area contributed by atoms with Crippen molar-refractivity contribution in [2.24, 2.45) is 0 Å². The van der Waals surface area contributed by atoms with Gasteiger partial charge in [0.15, 0.2) is 0 Å². The maximum atomic E-state index is 11.7. The molecule has 8 nitrogen and oxygen atoms in total. The number of carbonyl (C=O) groups is 1. The van der Waals surface area contributed by atoms with Crippen LogP contribution in [0.25, 0.3) is 10.9 Å². The number of nitrogens with zero attached hydrogens (tertiary/aromatic N) is 3. The highest BCUT2D eigenvalue weighted by Crippen LogP contribution is 2.37. The lowest BCUT2D eigenvalue weighted by Gasteiger charge is -2.37. The SMILES string of the molecule is CCc1nc(OCCOC(=O)OC(C)(C)C)c2cc(NC3(C#N)CCC3)cc(C)c2n1. The van der Waals surface area contributed by atoms with E-state index in [1.807, 2.05) is 26.0 Å². The number of nitrogens with one attached hydrogen (secondary N) is 1. The summed E-state index contributed by atoms with van der Waals surface area (Å²) in [5.41, 5.74) is 1.50. The minimum Gasteiger partial charge on any atom is -0.474 e. The average Bonchev–Trinajstić information content (AvgIpc) is 2.66. The number of nitriles is 1. The van der Waals surface area contributed by atoms with Crippen LogP contribution in [0.1, 0.15) is 58.3 Å². The van der Waals surface area contributed by atoms with E-state index < -0.39 is 17.3 Å². The van der Waals surface area contributed by atoms with E-state index in [4.69, 9.17) is 14.2 Å². The van der Waals surface area contributed by atoms with Gasteiger partial charge in [-0.25, -0.2) is 9.78 Å². The molecule has 1 saturated carbocycles. The van der Waals surface area contributed by atoms with Crippen molar-refractivity contribution < 1.29 is 19.0 Å². The molecule has 0 spiro atoms. The first-order valence-corrected chi connectivity index (χ1v) is 10.6. The first kappa shape index (κ1) is 22.6. The molecule has 1 aromatic heterocycles. The zero-order valence-electron chi connectivity index (χ0n) is 18.9. The third-order valence-corrected chi connectivity index (χ3v) is 5.05. The second-order valence-electron chi connectivity index (χ2n) is 8.82. The Morgan fingerprint density at radius 2 is 2.00 bits per heavy atom. The lowest BCUT2D eigenvalue weighted by atomic mass is 9.78. The van der Waals surface area contributed by atoms with Crippen LogP contribution in [0.2, 0.25) is 0 Å². The Labute approximate surface area is 182 Å². The fourth-order valence-electron chi connectivity index (χ4n) is 3.38. The van der Waals surface area contributed by atoms with E-state index in [0.29, 0.717) is 18.1 Å². The summed E-state index contributed by atoms with van der Waals surface area (Å²) in [5.74, 6) is 1.10. The molecule has 0 unspecified atom stereocenters. The molecule has 166 valence electrons. The Morgan fingerprint density at radius 3 is 2.58 bits per heavy atom. The molecule has 0 aliphatic heterocycles. The van der Waals surface area contributed by atoms with E-state index in [0.717, 1.165) is 41.4 Å². The lowest BCUT2D eigenvalue weighted by Crippen LogP contribution is -2.43. The number of hydrogen-bond donors (Lipinski definition) is 1. The van der Waals surface area contributed by atoms with Gasteiger partial charge in [-0.1, -0.05) is 6.92 Å². The fourth-order valence-corrected chi connectivity index (χ4v) is 3.38. The Kier molecular flexibility index (Phi) is 6.54. The zero-order valence-corrected chi connectivity index (χ0v) is 18.9. The molecular weight excluding hydrogens is 396 g/mol. The smallest absolute Gasteiger partial charge is 0.474 e. The second-order valence-corrected chi connectivity index (χ2v) is 8.82. The predicted octanol–water partition coefficient (Wildman–Crippen LogP) is 4.69. The molecule has 1 aliphatic rings. The van der Waals surface area contributed by atoms with Gasteiger partial charge in [-0.05, 0) is 64.7 Å². The number of aromatic nitrogens is 2. The van der Waals surface area contributed by atoms with Gasteiger partial charge in [0.2, 0.25) is 5.88 Å². The highest BCUT2D eigenvalue weighted by molar-refractivity contribution is 5.89. The number of anilines is 1. The summed E-state index contributed by atoms with van der Waals surface area (Å²) in [5, 5.41) is 13.7. The first-order valence-electron chi connectivity index (χ1n) is 10.6. The molecule has 0 saturated heterocycles. The van der Waals surface area contributed by atoms with E-state index in [9.17, 15) is 10.1 Å². The van der Waals surface area contributed by atoms with Gasteiger partial charge in [0.1, 0.15) is 30.2 Å². The number of hydrogen-bond acceptors (Lipinski definition) is 8. The van der Waals surface area contributed by atoms with Crippen LogP contribution in [0, 0.1) is 18.3 Å². The molecule has 8 heteroatoms. The van der Waals surface area contributed by atoms with Crippen LogP contribution in [0.4, 0.5) is 10.5 Å². The molecule has 0 bridgehead atoms. The minimum absolute atomic E-state index is 0.0380.